The van der Waals surface area contributed by atoms with Gasteiger partial charge in [-0.3, -0.25) is 9.59 Å². The van der Waals surface area contributed by atoms with Crippen LogP contribution in [0.15, 0.2) is 72.8 Å². The lowest BCUT2D eigenvalue weighted by Crippen LogP contribution is -2.32. The standard InChI is InChI=1S/C26H28N2O3/c1-18-13-14-19(2)24(17-18)31-20(3)25(29)28-23-12-8-7-11-22(23)26(30)27-16-15-21-9-5-4-6-10-21/h4-14,17,20H,15-16H2,1-3H3,(H,27,30)(H,28,29). The summed E-state index contributed by atoms with van der Waals surface area (Å²) in [5, 5.41) is 5.75. The maximum atomic E-state index is 12.7. The van der Waals surface area contributed by atoms with Gasteiger partial charge in [-0.2, -0.15) is 0 Å². The smallest absolute Gasteiger partial charge is 0.265 e. The van der Waals surface area contributed by atoms with Crippen molar-refractivity contribution in [2.24, 2.45) is 0 Å². The van der Waals surface area contributed by atoms with Gasteiger partial charge in [0.05, 0.1) is 11.3 Å². The summed E-state index contributed by atoms with van der Waals surface area (Å²) in [6.45, 7) is 6.12. The zero-order chi connectivity index (χ0) is 22.2. The van der Waals surface area contributed by atoms with Crippen LogP contribution in [0.3, 0.4) is 0 Å². The molecule has 0 saturated heterocycles. The summed E-state index contributed by atoms with van der Waals surface area (Å²) in [5.74, 6) is 0.134. The van der Waals surface area contributed by atoms with E-state index in [2.05, 4.69) is 10.6 Å². The van der Waals surface area contributed by atoms with Gasteiger partial charge >= 0.3 is 0 Å². The molecule has 0 aliphatic rings. The van der Waals surface area contributed by atoms with Crippen LogP contribution < -0.4 is 15.4 Å². The quantitative estimate of drug-likeness (QED) is 0.560. The van der Waals surface area contributed by atoms with Gasteiger partial charge in [0.15, 0.2) is 6.10 Å². The van der Waals surface area contributed by atoms with Crippen LogP contribution in [0, 0.1) is 13.8 Å². The van der Waals surface area contributed by atoms with Crippen molar-refractivity contribution < 1.29 is 14.3 Å². The Balaban J connectivity index is 1.61. The molecule has 0 aliphatic heterocycles. The van der Waals surface area contributed by atoms with Crippen LogP contribution in [0.2, 0.25) is 0 Å². The first-order chi connectivity index (χ1) is 14.9. The van der Waals surface area contributed by atoms with Crippen LogP contribution in [0.1, 0.15) is 34.0 Å². The third-order valence-corrected chi connectivity index (χ3v) is 4.99. The molecule has 1 atom stereocenters. The van der Waals surface area contributed by atoms with Crippen LogP contribution in [-0.2, 0) is 11.2 Å². The molecule has 5 heteroatoms. The van der Waals surface area contributed by atoms with Crippen LogP contribution in [0.5, 0.6) is 5.75 Å². The van der Waals surface area contributed by atoms with E-state index in [0.29, 0.717) is 23.5 Å². The van der Waals surface area contributed by atoms with Gasteiger partial charge in [0, 0.05) is 6.54 Å². The second kappa shape index (κ2) is 10.4. The van der Waals surface area contributed by atoms with Gasteiger partial charge in [0.25, 0.3) is 11.8 Å². The topological polar surface area (TPSA) is 67.4 Å². The predicted molar refractivity (Wildman–Crippen MR) is 124 cm³/mol. The number of anilines is 1. The van der Waals surface area contributed by atoms with Gasteiger partial charge in [-0.25, -0.2) is 0 Å². The van der Waals surface area contributed by atoms with Crippen molar-refractivity contribution in [1.82, 2.24) is 5.32 Å². The minimum atomic E-state index is -0.713. The minimum absolute atomic E-state index is 0.227. The first kappa shape index (κ1) is 22.1. The van der Waals surface area contributed by atoms with Gasteiger partial charge in [-0.15, -0.1) is 0 Å². The molecule has 3 aromatic carbocycles. The fourth-order valence-electron chi connectivity index (χ4n) is 3.16. The molecule has 2 amide bonds. The minimum Gasteiger partial charge on any atom is -0.481 e. The van der Waals surface area contributed by atoms with Gasteiger partial charge in [0.2, 0.25) is 0 Å². The van der Waals surface area contributed by atoms with E-state index in [1.165, 1.54) is 0 Å². The van der Waals surface area contributed by atoms with Crippen molar-refractivity contribution in [3.63, 3.8) is 0 Å². The Bertz CT molecular complexity index is 1050. The number of carbonyl (C=O) groups is 2. The first-order valence-electron chi connectivity index (χ1n) is 10.4. The molecule has 0 saturated carbocycles. The Hall–Kier alpha value is -3.60. The summed E-state index contributed by atoms with van der Waals surface area (Å²) in [6.07, 6.45) is 0.0247. The molecule has 3 aromatic rings. The fraction of sp³-hybridized carbons (Fsp3) is 0.231. The number of carbonyl (C=O) groups excluding carboxylic acids is 2. The second-order valence-electron chi connectivity index (χ2n) is 7.56. The summed E-state index contributed by atoms with van der Waals surface area (Å²) in [5.41, 5.74) is 4.06. The van der Waals surface area contributed by atoms with E-state index in [0.717, 1.165) is 23.1 Å². The summed E-state index contributed by atoms with van der Waals surface area (Å²) >= 11 is 0. The van der Waals surface area contributed by atoms with Crippen molar-refractivity contribution in [3.05, 3.63) is 95.1 Å². The Morgan fingerprint density at radius 3 is 2.42 bits per heavy atom. The molecule has 0 spiro atoms. The first-order valence-corrected chi connectivity index (χ1v) is 10.4. The van der Waals surface area contributed by atoms with Crippen molar-refractivity contribution in [3.8, 4) is 5.75 Å². The van der Waals surface area contributed by atoms with Crippen LogP contribution in [0.4, 0.5) is 5.69 Å². The lowest BCUT2D eigenvalue weighted by atomic mass is 10.1. The molecule has 0 heterocycles. The molecule has 0 fully saturated rings. The lowest BCUT2D eigenvalue weighted by molar-refractivity contribution is -0.122. The zero-order valence-corrected chi connectivity index (χ0v) is 18.1. The Morgan fingerprint density at radius 2 is 1.65 bits per heavy atom. The Labute approximate surface area is 183 Å². The molecular formula is C26H28N2O3. The van der Waals surface area contributed by atoms with Gasteiger partial charge in [-0.05, 0) is 62.1 Å². The van der Waals surface area contributed by atoms with E-state index in [-0.39, 0.29) is 11.8 Å². The number of rotatable bonds is 8. The predicted octanol–water partition coefficient (Wildman–Crippen LogP) is 4.68. The molecule has 160 valence electrons. The maximum absolute atomic E-state index is 12.7. The average Bonchev–Trinajstić information content (AvgIpc) is 2.77. The number of benzene rings is 3. The number of nitrogens with one attached hydrogen (secondary N) is 2. The number of para-hydroxylation sites is 1. The van der Waals surface area contributed by atoms with Crippen molar-refractivity contribution in [2.75, 3.05) is 11.9 Å². The molecule has 0 radical (unpaired) electrons. The van der Waals surface area contributed by atoms with Crippen molar-refractivity contribution in [1.29, 1.82) is 0 Å². The highest BCUT2D eigenvalue weighted by Gasteiger charge is 2.19. The molecule has 5 nitrogen and oxygen atoms in total. The van der Waals surface area contributed by atoms with Crippen LogP contribution >= 0.6 is 0 Å². The molecule has 0 bridgehead atoms. The summed E-state index contributed by atoms with van der Waals surface area (Å²) in [6, 6.07) is 22.8. The SMILES string of the molecule is Cc1ccc(C)c(OC(C)C(=O)Nc2ccccc2C(=O)NCCc2ccccc2)c1. The molecule has 1 unspecified atom stereocenters. The second-order valence-corrected chi connectivity index (χ2v) is 7.56. The van der Waals surface area contributed by atoms with Crippen molar-refractivity contribution in [2.45, 2.75) is 33.3 Å². The monoisotopic (exact) mass is 416 g/mol. The summed E-state index contributed by atoms with van der Waals surface area (Å²) in [4.78, 5) is 25.4. The number of hydrogen-bond donors (Lipinski definition) is 2. The Kier molecular flexibility index (Phi) is 7.44. The summed E-state index contributed by atoms with van der Waals surface area (Å²) in [7, 11) is 0. The Morgan fingerprint density at radius 1 is 0.935 bits per heavy atom. The van der Waals surface area contributed by atoms with E-state index in [9.17, 15) is 9.59 Å². The van der Waals surface area contributed by atoms with Gasteiger partial charge in [-0.1, -0.05) is 54.6 Å². The molecule has 0 aliphatic carbocycles. The zero-order valence-electron chi connectivity index (χ0n) is 18.1. The molecule has 0 aromatic heterocycles. The van der Waals surface area contributed by atoms with Gasteiger partial charge in [0.1, 0.15) is 5.75 Å². The number of amides is 2. The average molecular weight is 417 g/mol. The molecule has 31 heavy (non-hydrogen) atoms. The van der Waals surface area contributed by atoms with E-state index in [1.807, 2.05) is 62.4 Å². The summed E-state index contributed by atoms with van der Waals surface area (Å²) < 4.78 is 5.86. The fourth-order valence-corrected chi connectivity index (χ4v) is 3.16. The van der Waals surface area contributed by atoms with Crippen molar-refractivity contribution >= 4 is 17.5 Å². The van der Waals surface area contributed by atoms with Crippen LogP contribution in [0.25, 0.3) is 0 Å². The van der Waals surface area contributed by atoms with Crippen LogP contribution in [-0.4, -0.2) is 24.5 Å². The van der Waals surface area contributed by atoms with E-state index in [1.54, 1.807) is 31.2 Å². The number of aryl methyl sites for hydroxylation is 2. The highest BCUT2D eigenvalue weighted by molar-refractivity contribution is 6.04. The van der Waals surface area contributed by atoms with E-state index < -0.39 is 6.10 Å². The normalized spacial score (nSPS) is 11.5. The molecule has 2 N–H and O–H groups in total. The highest BCUT2D eigenvalue weighted by Crippen LogP contribution is 2.21. The third kappa shape index (κ3) is 6.19. The van der Waals surface area contributed by atoms with E-state index in [4.69, 9.17) is 4.74 Å². The number of hydrogen-bond acceptors (Lipinski definition) is 3. The molecule has 3 rings (SSSR count). The molecular weight excluding hydrogens is 388 g/mol. The third-order valence-electron chi connectivity index (χ3n) is 4.99. The maximum Gasteiger partial charge on any atom is 0.265 e. The lowest BCUT2D eigenvalue weighted by Gasteiger charge is -2.18. The van der Waals surface area contributed by atoms with Gasteiger partial charge < -0.3 is 15.4 Å². The highest BCUT2D eigenvalue weighted by atomic mass is 16.5. The van der Waals surface area contributed by atoms with E-state index >= 15 is 0 Å². The number of ether oxygens (including phenoxy) is 1. The largest absolute Gasteiger partial charge is 0.481 e.